The zero-order chi connectivity index (χ0) is 8.27. The summed E-state index contributed by atoms with van der Waals surface area (Å²) in [5.74, 6) is 0.764. The Balaban J connectivity index is 0.00000121. The average Bonchev–Trinajstić information content (AvgIpc) is 2.05. The van der Waals surface area contributed by atoms with E-state index >= 15 is 0 Å². The molecule has 2 N–H and O–H groups in total. The fourth-order valence-electron chi connectivity index (χ4n) is 0.665. The van der Waals surface area contributed by atoms with Crippen LogP contribution >= 0.6 is 24.6 Å². The fraction of sp³-hybridized carbons (Fsp3) is 0.143. The van der Waals surface area contributed by atoms with Gasteiger partial charge < -0.3 is 10.6 Å². The summed E-state index contributed by atoms with van der Waals surface area (Å²) in [5, 5.41) is 0.323. The van der Waals surface area contributed by atoms with Gasteiger partial charge in [-0.05, 0) is 24.4 Å². The van der Waals surface area contributed by atoms with Crippen molar-refractivity contribution in [3.63, 3.8) is 0 Å². The molecule has 0 spiro atoms. The monoisotopic (exact) mass is 203 g/mol. The summed E-state index contributed by atoms with van der Waals surface area (Å²) in [7, 11) is 1.78. The molecular weight excluding hydrogens is 194 g/mol. The zero-order valence-corrected chi connectivity index (χ0v) is 8.23. The Bertz CT molecular complexity index is 252. The second kappa shape index (κ2) is 4.90. The van der Waals surface area contributed by atoms with Crippen LogP contribution in [0.3, 0.4) is 0 Å². The van der Waals surface area contributed by atoms with Crippen molar-refractivity contribution in [2.75, 3.05) is 11.9 Å². The Morgan fingerprint density at radius 1 is 1.58 bits per heavy atom. The van der Waals surface area contributed by atoms with E-state index in [4.69, 9.17) is 18.0 Å². The number of halogens is 1. The van der Waals surface area contributed by atoms with Gasteiger partial charge >= 0.3 is 0 Å². The minimum atomic E-state index is 0. The molecule has 0 fully saturated rings. The van der Waals surface area contributed by atoms with Crippen molar-refractivity contribution in [2.24, 2.45) is 5.73 Å². The summed E-state index contributed by atoms with van der Waals surface area (Å²) in [4.78, 5) is 5.71. The van der Waals surface area contributed by atoms with Crippen LogP contribution in [-0.2, 0) is 0 Å². The predicted octanol–water partition coefficient (Wildman–Crippen LogP) is 1.18. The van der Waals surface area contributed by atoms with E-state index < -0.39 is 0 Å². The van der Waals surface area contributed by atoms with Gasteiger partial charge in [0.25, 0.3) is 0 Å². The molecule has 0 amide bonds. The van der Waals surface area contributed by atoms with Gasteiger partial charge in [0, 0.05) is 13.2 Å². The summed E-state index contributed by atoms with van der Waals surface area (Å²) in [5.41, 5.74) is 5.39. The number of pyridine rings is 1. The molecule has 1 aromatic heterocycles. The van der Waals surface area contributed by atoms with E-state index in [9.17, 15) is 0 Å². The molecule has 0 aliphatic rings. The molecule has 1 aromatic rings. The lowest BCUT2D eigenvalue weighted by atomic mass is 10.4. The molecular formula is C7H10ClN3S. The summed E-state index contributed by atoms with van der Waals surface area (Å²) < 4.78 is 0. The number of thiocarbonyl (C=S) groups is 1. The van der Waals surface area contributed by atoms with E-state index in [0.29, 0.717) is 5.11 Å². The molecule has 0 atom stereocenters. The molecule has 0 radical (unpaired) electrons. The second-order valence-corrected chi connectivity index (χ2v) is 2.50. The van der Waals surface area contributed by atoms with E-state index in [0.717, 1.165) is 5.82 Å². The molecule has 0 bridgehead atoms. The van der Waals surface area contributed by atoms with Crippen LogP contribution in [0.1, 0.15) is 0 Å². The lowest BCUT2D eigenvalue weighted by Gasteiger charge is -2.14. The largest absolute Gasteiger partial charge is 0.376 e. The lowest BCUT2D eigenvalue weighted by Crippen LogP contribution is -2.31. The minimum Gasteiger partial charge on any atom is -0.376 e. The number of hydrogen-bond donors (Lipinski definition) is 1. The van der Waals surface area contributed by atoms with Crippen LogP contribution in [0.5, 0.6) is 0 Å². The summed E-state index contributed by atoms with van der Waals surface area (Å²) in [6.45, 7) is 0. The first-order valence-electron chi connectivity index (χ1n) is 3.16. The smallest absolute Gasteiger partial charge is 0.171 e. The van der Waals surface area contributed by atoms with Gasteiger partial charge in [-0.15, -0.1) is 12.4 Å². The molecule has 5 heteroatoms. The van der Waals surface area contributed by atoms with Gasteiger partial charge in [0.15, 0.2) is 5.11 Å². The highest BCUT2D eigenvalue weighted by molar-refractivity contribution is 7.80. The second-order valence-electron chi connectivity index (χ2n) is 2.09. The Kier molecular flexibility index (Phi) is 4.54. The van der Waals surface area contributed by atoms with Crippen molar-refractivity contribution in [1.82, 2.24) is 4.98 Å². The normalized spacial score (nSPS) is 8.42. The number of hydrogen-bond acceptors (Lipinski definition) is 2. The van der Waals surface area contributed by atoms with Crippen LogP contribution in [0.2, 0.25) is 0 Å². The van der Waals surface area contributed by atoms with Gasteiger partial charge in [0.2, 0.25) is 0 Å². The fourth-order valence-corrected chi connectivity index (χ4v) is 0.759. The third kappa shape index (κ3) is 2.64. The Hall–Kier alpha value is -0.870. The standard InChI is InChI=1S/C7H9N3S.ClH/c1-10(7(8)11)6-4-2-3-5-9-6;/h2-5H,1H3,(H2,8,11);1H. The molecule has 0 aliphatic heterocycles. The van der Waals surface area contributed by atoms with Crippen LogP contribution in [-0.4, -0.2) is 17.1 Å². The highest BCUT2D eigenvalue weighted by atomic mass is 35.5. The number of nitrogens with two attached hydrogens (primary N) is 1. The summed E-state index contributed by atoms with van der Waals surface area (Å²) >= 11 is 4.76. The molecule has 0 aliphatic carbocycles. The maximum atomic E-state index is 5.39. The van der Waals surface area contributed by atoms with Crippen LogP contribution in [0.15, 0.2) is 24.4 Å². The third-order valence-corrected chi connectivity index (χ3v) is 1.60. The highest BCUT2D eigenvalue weighted by Crippen LogP contribution is 2.05. The highest BCUT2D eigenvalue weighted by Gasteiger charge is 2.01. The topological polar surface area (TPSA) is 42.1 Å². The Morgan fingerprint density at radius 2 is 2.25 bits per heavy atom. The quantitative estimate of drug-likeness (QED) is 0.697. The van der Waals surface area contributed by atoms with Crippen molar-refractivity contribution in [1.29, 1.82) is 0 Å². The van der Waals surface area contributed by atoms with Crippen molar-refractivity contribution in [2.45, 2.75) is 0 Å². The van der Waals surface area contributed by atoms with Gasteiger partial charge in [0.05, 0.1) is 0 Å². The minimum absolute atomic E-state index is 0. The molecule has 12 heavy (non-hydrogen) atoms. The van der Waals surface area contributed by atoms with E-state index in [1.54, 1.807) is 18.1 Å². The first kappa shape index (κ1) is 11.1. The van der Waals surface area contributed by atoms with Gasteiger partial charge in [-0.3, -0.25) is 0 Å². The SMILES string of the molecule is CN(C(N)=S)c1ccccn1.Cl. The third-order valence-electron chi connectivity index (χ3n) is 1.32. The average molecular weight is 204 g/mol. The molecule has 0 unspecified atom stereocenters. The first-order chi connectivity index (χ1) is 5.22. The van der Waals surface area contributed by atoms with E-state index in [1.165, 1.54) is 0 Å². The van der Waals surface area contributed by atoms with E-state index in [2.05, 4.69) is 4.98 Å². The number of rotatable bonds is 1. The Labute approximate surface area is 83.0 Å². The van der Waals surface area contributed by atoms with Crippen LogP contribution in [0.4, 0.5) is 5.82 Å². The molecule has 0 saturated heterocycles. The lowest BCUT2D eigenvalue weighted by molar-refractivity contribution is 1.16. The number of anilines is 1. The Morgan fingerprint density at radius 3 is 2.67 bits per heavy atom. The van der Waals surface area contributed by atoms with Gasteiger partial charge in [-0.1, -0.05) is 6.07 Å². The van der Waals surface area contributed by atoms with Gasteiger partial charge in [-0.25, -0.2) is 4.98 Å². The molecule has 1 heterocycles. The van der Waals surface area contributed by atoms with Crippen LogP contribution < -0.4 is 10.6 Å². The maximum Gasteiger partial charge on any atom is 0.171 e. The summed E-state index contributed by atoms with van der Waals surface area (Å²) in [6, 6.07) is 5.58. The van der Waals surface area contributed by atoms with Gasteiger partial charge in [-0.2, -0.15) is 0 Å². The number of nitrogens with zero attached hydrogens (tertiary/aromatic N) is 2. The zero-order valence-electron chi connectivity index (χ0n) is 6.60. The number of aromatic nitrogens is 1. The van der Waals surface area contributed by atoms with Gasteiger partial charge in [0.1, 0.15) is 5.82 Å². The van der Waals surface area contributed by atoms with Crippen molar-refractivity contribution < 1.29 is 0 Å². The molecule has 0 aromatic carbocycles. The molecule has 0 saturated carbocycles. The van der Waals surface area contributed by atoms with Crippen LogP contribution in [0.25, 0.3) is 0 Å². The van der Waals surface area contributed by atoms with Crippen LogP contribution in [0, 0.1) is 0 Å². The predicted molar refractivity (Wildman–Crippen MR) is 56.7 cm³/mol. The molecule has 1 rings (SSSR count). The van der Waals surface area contributed by atoms with E-state index in [1.807, 2.05) is 18.2 Å². The van der Waals surface area contributed by atoms with Crippen molar-refractivity contribution in [3.05, 3.63) is 24.4 Å². The molecule has 66 valence electrons. The van der Waals surface area contributed by atoms with Crippen molar-refractivity contribution in [3.8, 4) is 0 Å². The summed E-state index contributed by atoms with van der Waals surface area (Å²) in [6.07, 6.45) is 1.70. The van der Waals surface area contributed by atoms with Crippen molar-refractivity contribution >= 4 is 35.6 Å². The van der Waals surface area contributed by atoms with E-state index in [-0.39, 0.29) is 12.4 Å². The molecule has 3 nitrogen and oxygen atoms in total. The maximum absolute atomic E-state index is 5.39. The first-order valence-corrected chi connectivity index (χ1v) is 3.57.